The Morgan fingerprint density at radius 3 is 0.114 bits per heavy atom. The number of halogens is 36. The zero-order valence-corrected chi connectivity index (χ0v) is 25.8. The second-order valence-electron chi connectivity index (χ2n) is 5.75. The molecule has 0 aromatic heterocycles. The van der Waals surface area contributed by atoms with E-state index >= 15 is 0 Å². The Morgan fingerprint density at radius 1 is 0.114 bits per heavy atom. The van der Waals surface area contributed by atoms with E-state index in [0.717, 1.165) is 0 Å². The smallest absolute Gasteiger partial charge is 3.00 e. The van der Waals surface area contributed by atoms with Crippen molar-refractivity contribution in [2.24, 2.45) is 0 Å². The minimum atomic E-state index is -10.7. The Kier molecular flexibility index (Phi) is 14.5. The van der Waals surface area contributed by atoms with Crippen LogP contribution in [0.1, 0.15) is 0 Å². The Bertz CT molecular complexity index is 621. The van der Waals surface area contributed by atoms with Crippen LogP contribution in [0.15, 0.2) is 0 Å². The summed E-state index contributed by atoms with van der Waals surface area (Å²) in [5.41, 5.74) is 0. The summed E-state index contributed by atoms with van der Waals surface area (Å²) in [7, 11) is -63.9. The summed E-state index contributed by atoms with van der Waals surface area (Å²) in [6.45, 7) is 0. The maximum absolute atomic E-state index is 10.7. The molecule has 0 unspecified atom stereocenters. The van der Waals surface area contributed by atoms with E-state index in [1.165, 1.54) is 0 Å². The predicted molar refractivity (Wildman–Crippen MR) is 81.4 cm³/mol. The summed E-state index contributed by atoms with van der Waals surface area (Å²) in [6.07, 6.45) is 0. The first-order valence-corrected chi connectivity index (χ1v) is 18.3. The number of hydrogen-bond donors (Lipinski definition) is 0. The molecule has 0 spiro atoms. The van der Waals surface area contributed by atoms with Gasteiger partial charge >= 0.3 is 237 Å². The zero-order valence-electron chi connectivity index (χ0n) is 17.0. The number of rotatable bonds is 0. The van der Waals surface area contributed by atoms with Crippen molar-refractivity contribution < 1.29 is 190 Å². The fourth-order valence-corrected chi connectivity index (χ4v) is 0. The Balaban J connectivity index is -0.0000000584. The molecule has 0 saturated carbocycles. The van der Waals surface area contributed by atoms with Gasteiger partial charge in [-0.15, -0.1) is 0 Å². The van der Waals surface area contributed by atoms with E-state index < -0.39 is 46.9 Å². The quantitative estimate of drug-likeness (QED) is 0.129. The van der Waals surface area contributed by atoms with Crippen LogP contribution in [-0.2, 0) is 39.0 Å². The molecule has 298 valence electrons. The normalized spacial score (nSPS) is 22.1. The van der Waals surface area contributed by atoms with Gasteiger partial charge in [0.15, 0.2) is 0 Å². The molecule has 44 heavy (non-hydrogen) atoms. The third-order valence-corrected chi connectivity index (χ3v) is 0. The summed E-state index contributed by atoms with van der Waals surface area (Å²) in [5.74, 6) is 0. The van der Waals surface area contributed by atoms with Crippen LogP contribution < -0.4 is 0 Å². The molecule has 0 N–H and O–H groups in total. The molecular formula is F36P6Ru2. The summed E-state index contributed by atoms with van der Waals surface area (Å²) >= 11 is 0. The summed E-state index contributed by atoms with van der Waals surface area (Å²) < 4.78 is 355. The van der Waals surface area contributed by atoms with E-state index in [1.54, 1.807) is 0 Å². The molecule has 0 aromatic carbocycles. The summed E-state index contributed by atoms with van der Waals surface area (Å²) in [4.78, 5) is 0. The Morgan fingerprint density at radius 2 is 0.114 bits per heavy atom. The first-order chi connectivity index (χ1) is 14.7. The van der Waals surface area contributed by atoms with E-state index in [1.807, 2.05) is 0 Å². The molecule has 44 heteroatoms. The molecule has 0 amide bonds. The minimum absolute atomic E-state index is 0. The van der Waals surface area contributed by atoms with Crippen LogP contribution in [0, 0.1) is 0 Å². The van der Waals surface area contributed by atoms with Crippen molar-refractivity contribution in [3.63, 3.8) is 0 Å². The Labute approximate surface area is 237 Å². The van der Waals surface area contributed by atoms with Gasteiger partial charge in [-0.2, -0.15) is 0 Å². The molecular weight excluding hydrogens is 1070 g/mol. The van der Waals surface area contributed by atoms with Crippen molar-refractivity contribution in [2.45, 2.75) is 0 Å². The van der Waals surface area contributed by atoms with E-state index in [9.17, 15) is 151 Å². The molecule has 0 atom stereocenters. The SMILES string of the molecule is F[P-](F)(F)(F)(F)F.F[P-](F)(F)(F)(F)F.F[P-](F)(F)(F)(F)F.F[P-](F)(F)(F)(F)F.F[P-](F)(F)(F)(F)F.F[P-](F)(F)(F)(F)F.[Ru+3].[Ru+3]. The van der Waals surface area contributed by atoms with Crippen LogP contribution in [0.25, 0.3) is 0 Å². The van der Waals surface area contributed by atoms with Gasteiger partial charge in [0.1, 0.15) is 0 Å². The van der Waals surface area contributed by atoms with Crippen molar-refractivity contribution in [1.29, 1.82) is 0 Å². The molecule has 0 saturated heterocycles. The van der Waals surface area contributed by atoms with Crippen LogP contribution in [0.5, 0.6) is 0 Å². The van der Waals surface area contributed by atoms with Crippen molar-refractivity contribution >= 4 is 46.9 Å². The first-order valence-electron chi connectivity index (χ1n) is 6.09. The van der Waals surface area contributed by atoms with Crippen molar-refractivity contribution in [2.75, 3.05) is 0 Å². The van der Waals surface area contributed by atoms with Crippen LogP contribution in [0.2, 0.25) is 0 Å². The van der Waals surface area contributed by atoms with Gasteiger partial charge in [-0.25, -0.2) is 0 Å². The van der Waals surface area contributed by atoms with Crippen molar-refractivity contribution in [1.82, 2.24) is 0 Å². The summed E-state index contributed by atoms with van der Waals surface area (Å²) in [6, 6.07) is 0. The molecule has 0 aliphatic carbocycles. The van der Waals surface area contributed by atoms with Crippen molar-refractivity contribution in [3.05, 3.63) is 0 Å². The molecule has 0 aromatic rings. The fraction of sp³-hybridized carbons (Fsp3) is 0. The van der Waals surface area contributed by atoms with E-state index in [0.29, 0.717) is 0 Å². The monoisotopic (exact) mass is 1070 g/mol. The van der Waals surface area contributed by atoms with Gasteiger partial charge in [-0.1, -0.05) is 0 Å². The third-order valence-electron chi connectivity index (χ3n) is 0. The van der Waals surface area contributed by atoms with Gasteiger partial charge in [-0.3, -0.25) is 0 Å². The summed E-state index contributed by atoms with van der Waals surface area (Å²) in [5, 5.41) is 0. The van der Waals surface area contributed by atoms with Crippen LogP contribution in [-0.4, -0.2) is 0 Å². The van der Waals surface area contributed by atoms with Gasteiger partial charge in [-0.05, 0) is 0 Å². The minimum Gasteiger partial charge on any atom is 3.00 e. The maximum atomic E-state index is 9.87. The molecule has 0 aliphatic heterocycles. The van der Waals surface area contributed by atoms with E-state index in [2.05, 4.69) is 0 Å². The molecule has 0 nitrogen and oxygen atoms in total. The zero-order chi connectivity index (χ0) is 38.4. The van der Waals surface area contributed by atoms with E-state index in [4.69, 9.17) is 0 Å². The average molecular weight is 1070 g/mol. The number of hydrogen-bond acceptors (Lipinski definition) is 0. The molecule has 2 radical (unpaired) electrons. The van der Waals surface area contributed by atoms with Crippen LogP contribution in [0.4, 0.5) is 151 Å². The van der Waals surface area contributed by atoms with Gasteiger partial charge < -0.3 is 0 Å². The predicted octanol–water partition coefficient (Wildman–Crippen LogP) is 20.3. The van der Waals surface area contributed by atoms with Gasteiger partial charge in [0, 0.05) is 0 Å². The molecule has 0 rings (SSSR count). The maximum Gasteiger partial charge on any atom is 3.00 e. The van der Waals surface area contributed by atoms with Crippen LogP contribution in [0.3, 0.4) is 0 Å². The molecule has 0 heterocycles. The average Bonchev–Trinajstić information content (AvgIpc) is 1.70. The standard InChI is InChI=1S/6F6P.2Ru/c6*1-7(2,3,4,5)6;;/q6*-1;2*+3. The Hall–Kier alpha value is 1.31. The van der Waals surface area contributed by atoms with E-state index in [-0.39, 0.29) is 39.0 Å². The van der Waals surface area contributed by atoms with Crippen molar-refractivity contribution in [3.8, 4) is 0 Å². The third kappa shape index (κ3) is 45400. The van der Waals surface area contributed by atoms with Crippen LogP contribution >= 0.6 is 46.9 Å². The molecule has 0 bridgehead atoms. The van der Waals surface area contributed by atoms with Gasteiger partial charge in [0.25, 0.3) is 0 Å². The topological polar surface area (TPSA) is 0 Å². The van der Waals surface area contributed by atoms with Gasteiger partial charge in [0.2, 0.25) is 0 Å². The largest absolute Gasteiger partial charge is 3.00 e. The molecule has 0 fully saturated rings. The first kappa shape index (κ1) is 63.9. The molecule has 0 aliphatic rings. The fourth-order valence-electron chi connectivity index (χ4n) is 0. The second kappa shape index (κ2) is 9.97. The second-order valence-corrected chi connectivity index (χ2v) is 17.2. The van der Waals surface area contributed by atoms with Gasteiger partial charge in [0.05, 0.1) is 0 Å².